The van der Waals surface area contributed by atoms with E-state index in [1.54, 1.807) is 0 Å². The Morgan fingerprint density at radius 1 is 1.55 bits per heavy atom. The molecule has 0 unspecified atom stereocenters. The largest absolute Gasteiger partial charge is 0.386 e. The average molecular weight is 154 g/mol. The maximum Gasteiger partial charge on any atom is 0.0850 e. The maximum atomic E-state index is 9.98. The van der Waals surface area contributed by atoms with E-state index in [2.05, 4.69) is 26.8 Å². The molecule has 0 radical (unpaired) electrons. The minimum atomic E-state index is -0.521. The lowest BCUT2D eigenvalue weighted by molar-refractivity contribution is 0.0247. The van der Waals surface area contributed by atoms with Crippen molar-refractivity contribution in [1.82, 2.24) is 0 Å². The number of rotatable bonds is 1. The Labute approximate surface area is 69.1 Å². The molecule has 1 heteroatoms. The van der Waals surface area contributed by atoms with Gasteiger partial charge in [-0.05, 0) is 24.7 Å². The molecule has 1 rings (SSSR count). The van der Waals surface area contributed by atoms with E-state index in [-0.39, 0.29) is 0 Å². The zero-order valence-electron chi connectivity index (χ0n) is 7.67. The fourth-order valence-corrected chi connectivity index (χ4v) is 1.45. The van der Waals surface area contributed by atoms with Crippen molar-refractivity contribution in [2.75, 3.05) is 0 Å². The molecule has 1 nitrogen and oxygen atoms in total. The number of allylic oxidation sites excluding steroid dienone is 1. The zero-order chi connectivity index (χ0) is 8.48. The van der Waals surface area contributed by atoms with E-state index in [1.165, 1.54) is 0 Å². The molecule has 1 N–H and O–H groups in total. The van der Waals surface area contributed by atoms with Crippen molar-refractivity contribution in [2.45, 2.75) is 39.2 Å². The van der Waals surface area contributed by atoms with Gasteiger partial charge < -0.3 is 5.11 Å². The summed E-state index contributed by atoms with van der Waals surface area (Å²) in [5.41, 5.74) is -0.521. The summed E-state index contributed by atoms with van der Waals surface area (Å²) in [6, 6.07) is 0. The van der Waals surface area contributed by atoms with Crippen molar-refractivity contribution in [3.63, 3.8) is 0 Å². The summed E-state index contributed by atoms with van der Waals surface area (Å²) in [7, 11) is 0. The predicted molar refractivity (Wildman–Crippen MR) is 47.3 cm³/mol. The molecule has 1 aliphatic carbocycles. The highest BCUT2D eigenvalue weighted by Gasteiger charge is 2.30. The molecule has 0 saturated carbocycles. The Balaban J connectivity index is 2.68. The van der Waals surface area contributed by atoms with Crippen molar-refractivity contribution >= 4 is 0 Å². The molecule has 0 aliphatic heterocycles. The van der Waals surface area contributed by atoms with Gasteiger partial charge in [0.05, 0.1) is 5.60 Å². The first-order chi connectivity index (χ1) is 5.04. The van der Waals surface area contributed by atoms with Gasteiger partial charge in [0.25, 0.3) is 0 Å². The van der Waals surface area contributed by atoms with Crippen LogP contribution in [0.2, 0.25) is 0 Å². The molecule has 0 amide bonds. The van der Waals surface area contributed by atoms with Crippen molar-refractivity contribution in [1.29, 1.82) is 0 Å². The van der Waals surface area contributed by atoms with E-state index < -0.39 is 5.60 Å². The maximum absolute atomic E-state index is 9.98. The topological polar surface area (TPSA) is 20.2 Å². The first-order valence-corrected chi connectivity index (χ1v) is 4.46. The van der Waals surface area contributed by atoms with Crippen LogP contribution in [-0.4, -0.2) is 10.7 Å². The zero-order valence-corrected chi connectivity index (χ0v) is 7.67. The summed E-state index contributed by atoms with van der Waals surface area (Å²) in [5.74, 6) is 0.986. The second-order valence-electron chi connectivity index (χ2n) is 4.02. The molecule has 1 aliphatic rings. The van der Waals surface area contributed by atoms with Crippen molar-refractivity contribution < 1.29 is 5.11 Å². The van der Waals surface area contributed by atoms with Crippen LogP contribution in [0.5, 0.6) is 0 Å². The summed E-state index contributed by atoms with van der Waals surface area (Å²) in [6.07, 6.45) is 6.14. The summed E-state index contributed by atoms with van der Waals surface area (Å²) >= 11 is 0. The van der Waals surface area contributed by atoms with E-state index in [0.717, 1.165) is 12.8 Å². The van der Waals surface area contributed by atoms with Gasteiger partial charge in [-0.3, -0.25) is 0 Å². The lowest BCUT2D eigenvalue weighted by Crippen LogP contribution is -2.35. The van der Waals surface area contributed by atoms with Crippen LogP contribution >= 0.6 is 0 Å². The standard InChI is InChI=1S/C10H18O/c1-8(2)10(11)6-4-9(3)5-7-10/h4,6,8-9,11H,5,7H2,1-3H3/t9-,10-/m0/s1. The second kappa shape index (κ2) is 2.98. The minimum absolute atomic E-state index is 0.339. The van der Waals surface area contributed by atoms with E-state index in [0.29, 0.717) is 11.8 Å². The summed E-state index contributed by atoms with van der Waals surface area (Å²) in [4.78, 5) is 0. The Kier molecular flexibility index (Phi) is 2.38. The monoisotopic (exact) mass is 154 g/mol. The van der Waals surface area contributed by atoms with E-state index >= 15 is 0 Å². The smallest absolute Gasteiger partial charge is 0.0850 e. The average Bonchev–Trinajstić information content (AvgIpc) is 1.95. The molecule has 0 aromatic carbocycles. The molecule has 0 spiro atoms. The molecular formula is C10H18O. The highest BCUT2D eigenvalue weighted by atomic mass is 16.3. The third-order valence-electron chi connectivity index (χ3n) is 2.71. The quantitative estimate of drug-likeness (QED) is 0.575. The van der Waals surface area contributed by atoms with Crippen molar-refractivity contribution in [3.05, 3.63) is 12.2 Å². The van der Waals surface area contributed by atoms with Gasteiger partial charge in [0.1, 0.15) is 0 Å². The third-order valence-corrected chi connectivity index (χ3v) is 2.71. The van der Waals surface area contributed by atoms with Crippen molar-refractivity contribution in [3.8, 4) is 0 Å². The Morgan fingerprint density at radius 3 is 2.55 bits per heavy atom. The Hall–Kier alpha value is -0.300. The number of aliphatic hydroxyl groups is 1. The third kappa shape index (κ3) is 1.84. The Morgan fingerprint density at radius 2 is 2.18 bits per heavy atom. The second-order valence-corrected chi connectivity index (χ2v) is 4.02. The van der Waals surface area contributed by atoms with Crippen LogP contribution in [0.25, 0.3) is 0 Å². The van der Waals surface area contributed by atoms with E-state index in [1.807, 2.05) is 6.08 Å². The first kappa shape index (κ1) is 8.79. The lowest BCUT2D eigenvalue weighted by Gasteiger charge is -2.33. The van der Waals surface area contributed by atoms with E-state index in [4.69, 9.17) is 0 Å². The SMILES string of the molecule is CC(C)[C@]1(O)C=C[C@H](C)CC1. The van der Waals surface area contributed by atoms with Crippen LogP contribution in [0.4, 0.5) is 0 Å². The summed E-state index contributed by atoms with van der Waals surface area (Å²) < 4.78 is 0. The van der Waals surface area contributed by atoms with Gasteiger partial charge in [0.2, 0.25) is 0 Å². The van der Waals surface area contributed by atoms with Gasteiger partial charge in [-0.2, -0.15) is 0 Å². The summed E-state index contributed by atoms with van der Waals surface area (Å²) in [5, 5.41) is 9.98. The fraction of sp³-hybridized carbons (Fsp3) is 0.800. The highest BCUT2D eigenvalue weighted by Crippen LogP contribution is 2.31. The van der Waals surface area contributed by atoms with Crippen LogP contribution < -0.4 is 0 Å². The van der Waals surface area contributed by atoms with Gasteiger partial charge in [-0.1, -0.05) is 32.9 Å². The van der Waals surface area contributed by atoms with Gasteiger partial charge in [-0.15, -0.1) is 0 Å². The normalized spacial score (nSPS) is 38.1. The van der Waals surface area contributed by atoms with Crippen LogP contribution in [0, 0.1) is 11.8 Å². The first-order valence-electron chi connectivity index (χ1n) is 4.46. The predicted octanol–water partition coefficient (Wildman–Crippen LogP) is 2.36. The van der Waals surface area contributed by atoms with Crippen LogP contribution in [-0.2, 0) is 0 Å². The minimum Gasteiger partial charge on any atom is -0.386 e. The molecule has 11 heavy (non-hydrogen) atoms. The molecule has 0 fully saturated rings. The number of hydrogen-bond donors (Lipinski definition) is 1. The number of hydrogen-bond acceptors (Lipinski definition) is 1. The molecule has 0 heterocycles. The molecular weight excluding hydrogens is 136 g/mol. The van der Waals surface area contributed by atoms with Crippen molar-refractivity contribution in [2.24, 2.45) is 11.8 Å². The molecule has 0 aromatic heterocycles. The molecule has 0 saturated heterocycles. The molecule has 0 bridgehead atoms. The van der Waals surface area contributed by atoms with Crippen LogP contribution in [0.3, 0.4) is 0 Å². The van der Waals surface area contributed by atoms with Gasteiger partial charge in [-0.25, -0.2) is 0 Å². The van der Waals surface area contributed by atoms with Crippen LogP contribution in [0.1, 0.15) is 33.6 Å². The lowest BCUT2D eigenvalue weighted by atomic mass is 9.79. The molecule has 64 valence electrons. The highest BCUT2D eigenvalue weighted by molar-refractivity contribution is 5.08. The van der Waals surface area contributed by atoms with Gasteiger partial charge in [0, 0.05) is 0 Å². The van der Waals surface area contributed by atoms with Gasteiger partial charge >= 0.3 is 0 Å². The van der Waals surface area contributed by atoms with Gasteiger partial charge in [0.15, 0.2) is 0 Å². The summed E-state index contributed by atoms with van der Waals surface area (Å²) in [6.45, 7) is 6.33. The van der Waals surface area contributed by atoms with E-state index in [9.17, 15) is 5.11 Å². The fourth-order valence-electron chi connectivity index (χ4n) is 1.45. The Bertz CT molecular complexity index is 160. The molecule has 0 aromatic rings. The molecule has 2 atom stereocenters. The van der Waals surface area contributed by atoms with Crippen LogP contribution in [0.15, 0.2) is 12.2 Å².